The van der Waals surface area contributed by atoms with Gasteiger partial charge in [0.1, 0.15) is 5.82 Å². The first kappa shape index (κ1) is 20.8. The third-order valence-corrected chi connectivity index (χ3v) is 5.67. The van der Waals surface area contributed by atoms with Gasteiger partial charge < -0.3 is 16.0 Å². The van der Waals surface area contributed by atoms with Crippen LogP contribution in [0.3, 0.4) is 0 Å². The first-order chi connectivity index (χ1) is 15.0. The highest BCUT2D eigenvalue weighted by atomic mass is 19.1. The fourth-order valence-electron chi connectivity index (χ4n) is 4.33. The Hall–Kier alpha value is -3.51. The Kier molecular flexibility index (Phi) is 5.82. The lowest BCUT2D eigenvalue weighted by molar-refractivity contribution is 0.0962. The van der Waals surface area contributed by atoms with Gasteiger partial charge >= 0.3 is 0 Å². The molecule has 3 N–H and O–H groups in total. The highest BCUT2D eigenvalue weighted by Gasteiger charge is 2.36. The molecular formula is C25H25FN4O. The second-order valence-corrected chi connectivity index (χ2v) is 7.64. The lowest BCUT2D eigenvalue weighted by Crippen LogP contribution is -2.29. The van der Waals surface area contributed by atoms with E-state index in [1.165, 1.54) is 19.2 Å². The molecule has 1 amide bonds. The van der Waals surface area contributed by atoms with Crippen LogP contribution in [0.1, 0.15) is 44.6 Å². The molecule has 2 heterocycles. The number of halogens is 1. The maximum atomic E-state index is 14.4. The van der Waals surface area contributed by atoms with Crippen LogP contribution in [0.5, 0.6) is 0 Å². The number of rotatable bonds is 5. The van der Waals surface area contributed by atoms with Crippen molar-refractivity contribution in [3.63, 3.8) is 0 Å². The van der Waals surface area contributed by atoms with E-state index in [1.807, 2.05) is 25.2 Å². The van der Waals surface area contributed by atoms with E-state index in [2.05, 4.69) is 45.7 Å². The summed E-state index contributed by atoms with van der Waals surface area (Å²) in [5.74, 6) is -0.968. The zero-order valence-corrected chi connectivity index (χ0v) is 17.6. The molecule has 158 valence electrons. The summed E-state index contributed by atoms with van der Waals surface area (Å²) < 4.78 is 14.4. The molecule has 4 rings (SSSR count). The van der Waals surface area contributed by atoms with Crippen molar-refractivity contribution in [1.82, 2.24) is 15.6 Å². The van der Waals surface area contributed by atoms with E-state index in [9.17, 15) is 9.18 Å². The van der Waals surface area contributed by atoms with Crippen LogP contribution in [-0.2, 0) is 6.54 Å². The van der Waals surface area contributed by atoms with Crippen molar-refractivity contribution >= 4 is 17.2 Å². The standard InChI is InChI=1S/C25H25FN4O/c1-15-22(18-6-4-5-16(11-18)14-27-2)24(17-7-9-29-10-8-17)30-21-13-19(26)12-20(23(15)21)25(31)28-3/h4-13,22,24,27,30H,1,14H2,2-3H3,(H,28,31). The molecule has 2 aromatic carbocycles. The van der Waals surface area contributed by atoms with Gasteiger partial charge in [-0.1, -0.05) is 30.8 Å². The number of nitrogens with one attached hydrogen (secondary N) is 3. The number of anilines is 1. The van der Waals surface area contributed by atoms with Crippen molar-refractivity contribution in [2.75, 3.05) is 19.4 Å². The van der Waals surface area contributed by atoms with E-state index >= 15 is 0 Å². The van der Waals surface area contributed by atoms with E-state index in [0.29, 0.717) is 11.3 Å². The lowest BCUT2D eigenvalue weighted by Gasteiger charge is -2.38. The number of aromatic nitrogens is 1. The summed E-state index contributed by atoms with van der Waals surface area (Å²) in [5.41, 5.74) is 5.50. The van der Waals surface area contributed by atoms with E-state index in [4.69, 9.17) is 0 Å². The van der Waals surface area contributed by atoms with E-state index < -0.39 is 5.82 Å². The van der Waals surface area contributed by atoms with Crippen LogP contribution in [0.15, 0.2) is 67.5 Å². The van der Waals surface area contributed by atoms with Crippen LogP contribution in [0.2, 0.25) is 0 Å². The van der Waals surface area contributed by atoms with Crippen molar-refractivity contribution in [2.45, 2.75) is 18.5 Å². The number of pyridine rings is 1. The van der Waals surface area contributed by atoms with Crippen LogP contribution in [-0.4, -0.2) is 25.0 Å². The number of fused-ring (bicyclic) bond motifs is 1. The summed E-state index contributed by atoms with van der Waals surface area (Å²) in [6.45, 7) is 5.14. The molecule has 6 heteroatoms. The summed E-state index contributed by atoms with van der Waals surface area (Å²) in [6, 6.07) is 14.7. The molecule has 0 spiro atoms. The summed E-state index contributed by atoms with van der Waals surface area (Å²) in [5, 5.41) is 9.27. The molecule has 2 atom stereocenters. The predicted molar refractivity (Wildman–Crippen MR) is 121 cm³/mol. The molecular weight excluding hydrogens is 391 g/mol. The zero-order chi connectivity index (χ0) is 22.0. The average molecular weight is 417 g/mol. The molecule has 3 aromatic rings. The molecule has 0 fully saturated rings. The minimum atomic E-state index is -0.472. The van der Waals surface area contributed by atoms with Gasteiger partial charge in [-0.05, 0) is 53.6 Å². The smallest absolute Gasteiger partial charge is 0.251 e. The molecule has 5 nitrogen and oxygen atoms in total. The topological polar surface area (TPSA) is 66.0 Å². The summed E-state index contributed by atoms with van der Waals surface area (Å²) >= 11 is 0. The Morgan fingerprint density at radius 2 is 1.90 bits per heavy atom. The van der Waals surface area contributed by atoms with E-state index in [0.717, 1.165) is 28.8 Å². The molecule has 1 aliphatic heterocycles. The summed E-state index contributed by atoms with van der Waals surface area (Å²) in [6.07, 6.45) is 3.48. The molecule has 1 aromatic heterocycles. The van der Waals surface area contributed by atoms with Crippen LogP contribution < -0.4 is 16.0 Å². The Morgan fingerprint density at radius 1 is 1.13 bits per heavy atom. The zero-order valence-electron chi connectivity index (χ0n) is 17.6. The third-order valence-electron chi connectivity index (χ3n) is 5.67. The average Bonchev–Trinajstić information content (AvgIpc) is 2.78. The first-order valence-corrected chi connectivity index (χ1v) is 10.2. The van der Waals surface area contributed by atoms with Crippen LogP contribution in [0.25, 0.3) is 5.57 Å². The quantitative estimate of drug-likeness (QED) is 0.581. The molecule has 0 saturated carbocycles. The predicted octanol–water partition coefficient (Wildman–Crippen LogP) is 4.26. The van der Waals surface area contributed by atoms with Gasteiger partial charge in [-0.2, -0.15) is 0 Å². The molecule has 2 unspecified atom stereocenters. The second kappa shape index (κ2) is 8.70. The number of hydrogen-bond acceptors (Lipinski definition) is 4. The van der Waals surface area contributed by atoms with Gasteiger partial charge in [0, 0.05) is 43.2 Å². The molecule has 31 heavy (non-hydrogen) atoms. The highest BCUT2D eigenvalue weighted by molar-refractivity contribution is 6.03. The fraction of sp³-hybridized carbons (Fsp3) is 0.200. The number of amides is 1. The Labute approximate surface area is 181 Å². The minimum absolute atomic E-state index is 0.152. The molecule has 0 aliphatic carbocycles. The van der Waals surface area contributed by atoms with Crippen molar-refractivity contribution in [1.29, 1.82) is 0 Å². The monoisotopic (exact) mass is 416 g/mol. The van der Waals surface area contributed by atoms with Gasteiger partial charge in [0.05, 0.1) is 11.6 Å². The van der Waals surface area contributed by atoms with Crippen molar-refractivity contribution in [3.8, 4) is 0 Å². The maximum Gasteiger partial charge on any atom is 0.251 e. The van der Waals surface area contributed by atoms with Crippen molar-refractivity contribution in [3.05, 3.63) is 101 Å². The maximum absolute atomic E-state index is 14.4. The van der Waals surface area contributed by atoms with Gasteiger partial charge in [-0.15, -0.1) is 0 Å². The molecule has 0 bridgehead atoms. The van der Waals surface area contributed by atoms with Crippen LogP contribution >= 0.6 is 0 Å². The van der Waals surface area contributed by atoms with Crippen molar-refractivity contribution in [2.24, 2.45) is 0 Å². The molecule has 0 saturated heterocycles. The molecule has 1 aliphatic rings. The number of carbonyl (C=O) groups excluding carboxylic acids is 1. The Morgan fingerprint density at radius 3 is 2.61 bits per heavy atom. The largest absolute Gasteiger partial charge is 0.377 e. The third kappa shape index (κ3) is 3.94. The van der Waals surface area contributed by atoms with E-state index in [-0.39, 0.29) is 23.4 Å². The van der Waals surface area contributed by atoms with E-state index in [1.54, 1.807) is 12.4 Å². The first-order valence-electron chi connectivity index (χ1n) is 10.2. The fourth-order valence-corrected chi connectivity index (χ4v) is 4.33. The normalized spacial score (nSPS) is 17.6. The minimum Gasteiger partial charge on any atom is -0.377 e. The van der Waals surface area contributed by atoms with Gasteiger partial charge in [-0.3, -0.25) is 9.78 Å². The van der Waals surface area contributed by atoms with Gasteiger partial charge in [0.2, 0.25) is 0 Å². The number of benzene rings is 2. The lowest BCUT2D eigenvalue weighted by atomic mass is 9.75. The number of hydrogen-bond donors (Lipinski definition) is 3. The van der Waals surface area contributed by atoms with Gasteiger partial charge in [0.25, 0.3) is 5.91 Å². The van der Waals surface area contributed by atoms with Gasteiger partial charge in [-0.25, -0.2) is 4.39 Å². The summed E-state index contributed by atoms with van der Waals surface area (Å²) in [4.78, 5) is 16.7. The SMILES string of the molecule is C=C1c2c(cc(F)cc2C(=O)NC)NC(c2ccncc2)C1c1cccc(CNC)c1. The molecule has 0 radical (unpaired) electrons. The van der Waals surface area contributed by atoms with Gasteiger partial charge in [0.15, 0.2) is 0 Å². The van der Waals surface area contributed by atoms with Crippen LogP contribution in [0, 0.1) is 5.82 Å². The Balaban J connectivity index is 1.91. The Bertz CT molecular complexity index is 1130. The number of nitrogens with zero attached hydrogens (tertiary/aromatic N) is 1. The van der Waals surface area contributed by atoms with Crippen molar-refractivity contribution < 1.29 is 9.18 Å². The highest BCUT2D eigenvalue weighted by Crippen LogP contribution is 2.50. The van der Waals surface area contributed by atoms with Crippen LogP contribution in [0.4, 0.5) is 10.1 Å². The summed E-state index contributed by atoms with van der Waals surface area (Å²) in [7, 11) is 3.45. The number of carbonyl (C=O) groups is 1. The second-order valence-electron chi connectivity index (χ2n) is 7.64.